The number of benzene rings is 2. The van der Waals surface area contributed by atoms with Crippen molar-refractivity contribution >= 4 is 23.4 Å². The van der Waals surface area contributed by atoms with E-state index in [1.165, 1.54) is 17.7 Å². The van der Waals surface area contributed by atoms with E-state index in [1.54, 1.807) is 4.90 Å². The molecule has 0 radical (unpaired) electrons. The van der Waals surface area contributed by atoms with Crippen molar-refractivity contribution in [2.24, 2.45) is 0 Å². The number of piperidine rings is 2. The van der Waals surface area contributed by atoms with Crippen molar-refractivity contribution in [1.29, 1.82) is 0 Å². The number of anilines is 1. The summed E-state index contributed by atoms with van der Waals surface area (Å²) in [6, 6.07) is 8.92. The highest BCUT2D eigenvalue weighted by atomic mass is 19.1. The number of carbonyl (C=O) groups excluding carboxylic acids is 1. The maximum Gasteiger partial charge on any atom is 0.246 e. The maximum absolute atomic E-state index is 13.4. The molecular formula is C29H32F2N4O3. The average molecular weight is 523 g/mol. The molecule has 3 aliphatic rings. The minimum absolute atomic E-state index is 0.0325. The van der Waals surface area contributed by atoms with Crippen LogP contribution >= 0.6 is 0 Å². The number of carbonyl (C=O) groups is 1. The Labute approximate surface area is 221 Å². The Kier molecular flexibility index (Phi) is 7.23. The van der Waals surface area contributed by atoms with E-state index in [4.69, 9.17) is 6.57 Å². The number of aliphatic hydroxyl groups excluding tert-OH is 1. The first-order valence-corrected chi connectivity index (χ1v) is 13.0. The van der Waals surface area contributed by atoms with E-state index < -0.39 is 23.3 Å². The summed E-state index contributed by atoms with van der Waals surface area (Å²) >= 11 is 0. The Hall–Kier alpha value is -3.32. The van der Waals surface area contributed by atoms with Gasteiger partial charge in [-0.3, -0.25) is 4.79 Å². The molecule has 3 heterocycles. The van der Waals surface area contributed by atoms with E-state index in [2.05, 4.69) is 21.1 Å². The Morgan fingerprint density at radius 1 is 1.08 bits per heavy atom. The van der Waals surface area contributed by atoms with Crippen LogP contribution in [0, 0.1) is 18.2 Å². The molecule has 3 N–H and O–H groups in total. The SMILES string of the molecule is [C-]#[N+]c1ccc2c(c1)NCC21CCN(C[C@@H](O)C2(O)CCN(C(=O)/C=C/c3cc(F)cc(F)c3)CC2)CC1. The lowest BCUT2D eigenvalue weighted by molar-refractivity contribution is -0.140. The van der Waals surface area contributed by atoms with Gasteiger partial charge in [0.1, 0.15) is 11.6 Å². The Balaban J connectivity index is 1.12. The summed E-state index contributed by atoms with van der Waals surface area (Å²) in [4.78, 5) is 19.8. The number of amides is 1. The molecule has 0 bridgehead atoms. The minimum Gasteiger partial charge on any atom is -0.389 e. The summed E-state index contributed by atoms with van der Waals surface area (Å²) in [5.74, 6) is -1.72. The van der Waals surface area contributed by atoms with E-state index in [0.29, 0.717) is 12.2 Å². The zero-order valence-corrected chi connectivity index (χ0v) is 21.2. The fourth-order valence-electron chi connectivity index (χ4n) is 5.99. The lowest BCUT2D eigenvalue weighted by Crippen LogP contribution is -2.56. The molecule has 9 heteroatoms. The topological polar surface area (TPSA) is 80.4 Å². The van der Waals surface area contributed by atoms with Gasteiger partial charge in [-0.15, -0.1) is 0 Å². The molecule has 2 aromatic carbocycles. The fourth-order valence-corrected chi connectivity index (χ4v) is 5.99. The van der Waals surface area contributed by atoms with Crippen molar-refractivity contribution in [3.63, 3.8) is 0 Å². The van der Waals surface area contributed by atoms with Crippen molar-refractivity contribution in [1.82, 2.24) is 9.80 Å². The third-order valence-electron chi connectivity index (χ3n) is 8.43. The molecular weight excluding hydrogens is 490 g/mol. The first kappa shape index (κ1) is 26.3. The second-order valence-electron chi connectivity index (χ2n) is 10.8. The van der Waals surface area contributed by atoms with Crippen LogP contribution in [0.4, 0.5) is 20.2 Å². The van der Waals surface area contributed by atoms with Crippen LogP contribution in [0.25, 0.3) is 10.9 Å². The number of halogens is 2. The molecule has 200 valence electrons. The van der Waals surface area contributed by atoms with Crippen molar-refractivity contribution in [2.45, 2.75) is 42.8 Å². The zero-order chi connectivity index (χ0) is 26.9. The van der Waals surface area contributed by atoms with Crippen LogP contribution in [0.15, 0.2) is 42.5 Å². The van der Waals surface area contributed by atoms with E-state index in [9.17, 15) is 23.8 Å². The maximum atomic E-state index is 13.4. The van der Waals surface area contributed by atoms with Crippen molar-refractivity contribution in [2.75, 3.05) is 44.6 Å². The number of hydrogen-bond acceptors (Lipinski definition) is 5. The second kappa shape index (κ2) is 10.4. The predicted octanol–water partition coefficient (Wildman–Crippen LogP) is 3.70. The summed E-state index contributed by atoms with van der Waals surface area (Å²) < 4.78 is 26.7. The van der Waals surface area contributed by atoms with E-state index >= 15 is 0 Å². The standard InChI is InChI=1S/C29H32F2N4O3/c1-32-23-3-4-24-25(17-23)33-19-28(24)6-10-34(11-7-28)18-26(36)29(38)8-12-35(13-9-29)27(37)5-2-20-14-21(30)16-22(31)15-20/h2-5,14-17,26,33,36,38H,6-13,18-19H2/b5-2+/t26-/m1/s1. The van der Waals surface area contributed by atoms with Crippen LogP contribution in [-0.2, 0) is 10.2 Å². The van der Waals surface area contributed by atoms with Crippen LogP contribution in [0.2, 0.25) is 0 Å². The smallest absolute Gasteiger partial charge is 0.246 e. The molecule has 38 heavy (non-hydrogen) atoms. The summed E-state index contributed by atoms with van der Waals surface area (Å²) in [5.41, 5.74) is 1.95. The van der Waals surface area contributed by atoms with Gasteiger partial charge in [0, 0.05) is 49.4 Å². The molecule has 2 fully saturated rings. The normalized spacial score (nSPS) is 21.2. The Morgan fingerprint density at radius 2 is 1.76 bits per heavy atom. The molecule has 7 nitrogen and oxygen atoms in total. The number of rotatable bonds is 5. The number of aliphatic hydroxyl groups is 2. The lowest BCUT2D eigenvalue weighted by atomic mass is 9.74. The monoisotopic (exact) mass is 522 g/mol. The molecule has 1 spiro atoms. The van der Waals surface area contributed by atoms with Gasteiger partial charge in [-0.1, -0.05) is 12.1 Å². The Bertz CT molecular complexity index is 1250. The molecule has 5 rings (SSSR count). The highest BCUT2D eigenvalue weighted by Gasteiger charge is 2.44. The first-order valence-electron chi connectivity index (χ1n) is 13.0. The highest BCUT2D eigenvalue weighted by Crippen LogP contribution is 2.45. The van der Waals surface area contributed by atoms with Crippen LogP contribution in [0.3, 0.4) is 0 Å². The third-order valence-corrected chi connectivity index (χ3v) is 8.43. The molecule has 3 aliphatic heterocycles. The average Bonchev–Trinajstić information content (AvgIpc) is 3.25. The highest BCUT2D eigenvalue weighted by molar-refractivity contribution is 5.91. The first-order chi connectivity index (χ1) is 18.2. The van der Waals surface area contributed by atoms with Crippen LogP contribution < -0.4 is 5.32 Å². The number of β-amino-alcohol motifs (C(OH)–C–C–N with tert-alkyl or cyclic N) is 1. The second-order valence-corrected chi connectivity index (χ2v) is 10.8. The number of nitrogens with zero attached hydrogens (tertiary/aromatic N) is 3. The number of hydrogen-bond donors (Lipinski definition) is 3. The van der Waals surface area contributed by atoms with Gasteiger partial charge in [-0.2, -0.15) is 0 Å². The van der Waals surface area contributed by atoms with Crippen LogP contribution in [0.5, 0.6) is 0 Å². The van der Waals surface area contributed by atoms with Crippen molar-refractivity contribution in [3.05, 3.63) is 76.7 Å². The molecule has 0 aliphatic carbocycles. The summed E-state index contributed by atoms with van der Waals surface area (Å²) in [7, 11) is 0. The van der Waals surface area contributed by atoms with Gasteiger partial charge < -0.3 is 25.3 Å². The van der Waals surface area contributed by atoms with Gasteiger partial charge in [-0.25, -0.2) is 13.6 Å². The summed E-state index contributed by atoms with van der Waals surface area (Å²) in [5, 5.41) is 25.6. The van der Waals surface area contributed by atoms with Gasteiger partial charge >= 0.3 is 0 Å². The van der Waals surface area contributed by atoms with E-state index in [0.717, 1.165) is 56.4 Å². The minimum atomic E-state index is -1.28. The number of fused-ring (bicyclic) bond motifs is 2. The van der Waals surface area contributed by atoms with Crippen LogP contribution in [-0.4, -0.2) is 76.9 Å². The van der Waals surface area contributed by atoms with Gasteiger partial charge in [0.05, 0.1) is 18.3 Å². The molecule has 0 aromatic heterocycles. The molecule has 1 amide bonds. The Morgan fingerprint density at radius 3 is 2.42 bits per heavy atom. The van der Waals surface area contributed by atoms with Crippen LogP contribution in [0.1, 0.15) is 36.8 Å². The molecule has 2 saturated heterocycles. The van der Waals surface area contributed by atoms with E-state index in [-0.39, 0.29) is 42.8 Å². The van der Waals surface area contributed by atoms with Crippen molar-refractivity contribution < 1.29 is 23.8 Å². The third kappa shape index (κ3) is 5.30. The van der Waals surface area contributed by atoms with Gasteiger partial charge in [0.2, 0.25) is 5.91 Å². The molecule has 0 saturated carbocycles. The summed E-state index contributed by atoms with van der Waals surface area (Å²) in [6.07, 6.45) is 4.07. The predicted molar refractivity (Wildman–Crippen MR) is 141 cm³/mol. The largest absolute Gasteiger partial charge is 0.389 e. The molecule has 2 aromatic rings. The lowest BCUT2D eigenvalue weighted by Gasteiger charge is -2.44. The van der Waals surface area contributed by atoms with Gasteiger partial charge in [0.25, 0.3) is 0 Å². The summed E-state index contributed by atoms with van der Waals surface area (Å²) in [6.45, 7) is 10.6. The fraction of sp³-hybridized carbons (Fsp3) is 0.448. The quantitative estimate of drug-likeness (QED) is 0.412. The molecule has 0 unspecified atom stereocenters. The zero-order valence-electron chi connectivity index (χ0n) is 21.2. The van der Waals surface area contributed by atoms with Crippen molar-refractivity contribution in [3.8, 4) is 0 Å². The van der Waals surface area contributed by atoms with Gasteiger partial charge in [0.15, 0.2) is 5.69 Å². The van der Waals surface area contributed by atoms with Gasteiger partial charge in [-0.05, 0) is 74.2 Å². The number of nitrogens with one attached hydrogen (secondary N) is 1. The van der Waals surface area contributed by atoms with E-state index in [1.807, 2.05) is 12.1 Å². The molecule has 1 atom stereocenters. The number of likely N-dealkylation sites (tertiary alicyclic amines) is 2.